The van der Waals surface area contributed by atoms with Gasteiger partial charge in [-0.1, -0.05) is 61.9 Å². The van der Waals surface area contributed by atoms with Crippen LogP contribution in [0.4, 0.5) is 10.5 Å². The third-order valence-corrected chi connectivity index (χ3v) is 4.68. The highest BCUT2D eigenvalue weighted by atomic mass is 16.3. The van der Waals surface area contributed by atoms with E-state index in [2.05, 4.69) is 17.6 Å². The zero-order valence-corrected chi connectivity index (χ0v) is 17.1. The molecule has 0 aliphatic carbocycles. The van der Waals surface area contributed by atoms with Crippen LogP contribution in [0.5, 0.6) is 0 Å². The van der Waals surface area contributed by atoms with Crippen LogP contribution in [0.15, 0.2) is 83.5 Å². The Bertz CT molecular complexity index is 911. The van der Waals surface area contributed by atoms with Crippen LogP contribution in [0.2, 0.25) is 0 Å². The zero-order valence-electron chi connectivity index (χ0n) is 17.1. The van der Waals surface area contributed by atoms with Gasteiger partial charge in [0.1, 0.15) is 12.3 Å². The van der Waals surface area contributed by atoms with Crippen LogP contribution >= 0.6 is 0 Å². The summed E-state index contributed by atoms with van der Waals surface area (Å²) in [5.41, 5.74) is 1.73. The molecular formula is C24H27N3O3. The molecule has 156 valence electrons. The number of carbonyl (C=O) groups is 2. The first-order chi connectivity index (χ1) is 14.7. The van der Waals surface area contributed by atoms with Crippen LogP contribution in [0.25, 0.3) is 0 Å². The fourth-order valence-corrected chi connectivity index (χ4v) is 3.22. The average Bonchev–Trinajstić information content (AvgIpc) is 3.27. The number of hydrogen-bond acceptors (Lipinski definition) is 3. The van der Waals surface area contributed by atoms with Crippen molar-refractivity contribution in [2.75, 3.05) is 11.9 Å². The standard InChI is InChI=1S/C24H27N3O3/c1-2-10-22(19-11-5-3-6-12-19)26-24(29)27(17-21-15-9-16-30-21)18-23(28)25-20-13-7-4-8-14-20/h3-9,11-16,22H,2,10,17-18H2,1H3,(H,25,28)(H,26,29). The second kappa shape index (κ2) is 10.9. The van der Waals surface area contributed by atoms with Gasteiger partial charge < -0.3 is 20.0 Å². The highest BCUT2D eigenvalue weighted by Gasteiger charge is 2.22. The summed E-state index contributed by atoms with van der Waals surface area (Å²) in [6, 6.07) is 22.2. The predicted octanol–water partition coefficient (Wildman–Crippen LogP) is 4.97. The molecule has 0 fully saturated rings. The van der Waals surface area contributed by atoms with Gasteiger partial charge in [-0.2, -0.15) is 0 Å². The van der Waals surface area contributed by atoms with E-state index < -0.39 is 0 Å². The summed E-state index contributed by atoms with van der Waals surface area (Å²) in [6.45, 7) is 2.19. The van der Waals surface area contributed by atoms with Gasteiger partial charge in [0, 0.05) is 5.69 Å². The molecule has 3 aromatic rings. The number of nitrogens with one attached hydrogen (secondary N) is 2. The van der Waals surface area contributed by atoms with Gasteiger partial charge in [-0.3, -0.25) is 4.79 Å². The zero-order chi connectivity index (χ0) is 21.2. The minimum absolute atomic E-state index is 0.0882. The fourth-order valence-electron chi connectivity index (χ4n) is 3.22. The van der Waals surface area contributed by atoms with Crippen LogP contribution in [0.3, 0.4) is 0 Å². The van der Waals surface area contributed by atoms with E-state index in [9.17, 15) is 9.59 Å². The normalized spacial score (nSPS) is 11.5. The summed E-state index contributed by atoms with van der Waals surface area (Å²) >= 11 is 0. The van der Waals surface area contributed by atoms with Crippen molar-refractivity contribution in [1.82, 2.24) is 10.2 Å². The Balaban J connectivity index is 1.71. The number of urea groups is 1. The number of carbonyl (C=O) groups excluding carboxylic acids is 2. The molecule has 30 heavy (non-hydrogen) atoms. The fraction of sp³-hybridized carbons (Fsp3) is 0.250. The number of furan rings is 1. The van der Waals surface area contributed by atoms with Crippen LogP contribution in [-0.4, -0.2) is 23.4 Å². The number of benzene rings is 2. The highest BCUT2D eigenvalue weighted by Crippen LogP contribution is 2.19. The quantitative estimate of drug-likeness (QED) is 0.528. The van der Waals surface area contributed by atoms with Gasteiger partial charge in [0.25, 0.3) is 0 Å². The molecule has 2 N–H and O–H groups in total. The molecule has 0 saturated heterocycles. The monoisotopic (exact) mass is 405 g/mol. The maximum Gasteiger partial charge on any atom is 0.318 e. The first kappa shape index (κ1) is 21.2. The first-order valence-corrected chi connectivity index (χ1v) is 10.1. The third-order valence-electron chi connectivity index (χ3n) is 4.68. The summed E-state index contributed by atoms with van der Waals surface area (Å²) in [7, 11) is 0. The van der Waals surface area contributed by atoms with Crippen molar-refractivity contribution >= 4 is 17.6 Å². The molecule has 1 aromatic heterocycles. The number of anilines is 1. The summed E-state index contributed by atoms with van der Waals surface area (Å²) in [5.74, 6) is 0.346. The molecule has 0 aliphatic heterocycles. The van der Waals surface area contributed by atoms with Crippen molar-refractivity contribution in [3.8, 4) is 0 Å². The largest absolute Gasteiger partial charge is 0.467 e. The SMILES string of the molecule is CCCC(NC(=O)N(CC(=O)Nc1ccccc1)Cc1ccco1)c1ccccc1. The second-order valence-electron chi connectivity index (χ2n) is 7.05. The van der Waals surface area contributed by atoms with Gasteiger partial charge in [-0.15, -0.1) is 0 Å². The second-order valence-corrected chi connectivity index (χ2v) is 7.05. The lowest BCUT2D eigenvalue weighted by atomic mass is 10.0. The molecule has 0 bridgehead atoms. The number of amides is 3. The highest BCUT2D eigenvalue weighted by molar-refractivity contribution is 5.94. The van der Waals surface area contributed by atoms with E-state index >= 15 is 0 Å². The average molecular weight is 405 g/mol. The van der Waals surface area contributed by atoms with E-state index in [0.29, 0.717) is 11.4 Å². The van der Waals surface area contributed by atoms with E-state index in [-0.39, 0.29) is 31.1 Å². The first-order valence-electron chi connectivity index (χ1n) is 10.1. The molecular weight excluding hydrogens is 378 g/mol. The van der Waals surface area contributed by atoms with E-state index in [1.54, 1.807) is 18.4 Å². The summed E-state index contributed by atoms with van der Waals surface area (Å²) in [4.78, 5) is 27.1. The summed E-state index contributed by atoms with van der Waals surface area (Å²) in [5, 5.41) is 5.91. The molecule has 0 saturated carbocycles. The molecule has 1 unspecified atom stereocenters. The Morgan fingerprint density at radius 3 is 2.30 bits per heavy atom. The number of hydrogen-bond donors (Lipinski definition) is 2. The van der Waals surface area contributed by atoms with E-state index in [1.165, 1.54) is 4.90 Å². The van der Waals surface area contributed by atoms with Crippen LogP contribution in [0.1, 0.15) is 37.1 Å². The van der Waals surface area contributed by atoms with Crippen molar-refractivity contribution in [2.24, 2.45) is 0 Å². The van der Waals surface area contributed by atoms with Gasteiger partial charge in [0.2, 0.25) is 5.91 Å². The van der Waals surface area contributed by atoms with Crippen LogP contribution in [-0.2, 0) is 11.3 Å². The lowest BCUT2D eigenvalue weighted by molar-refractivity contribution is -0.116. The minimum Gasteiger partial charge on any atom is -0.467 e. The summed E-state index contributed by atoms with van der Waals surface area (Å²) < 4.78 is 5.40. The van der Waals surface area contributed by atoms with Gasteiger partial charge in [0.05, 0.1) is 18.8 Å². The Kier molecular flexibility index (Phi) is 7.66. The Labute approximate surface area is 176 Å². The smallest absolute Gasteiger partial charge is 0.318 e. The van der Waals surface area contributed by atoms with Crippen molar-refractivity contribution in [3.63, 3.8) is 0 Å². The molecule has 0 aliphatic rings. The maximum atomic E-state index is 13.1. The molecule has 2 aromatic carbocycles. The molecule has 3 amide bonds. The number of nitrogens with zero attached hydrogens (tertiary/aromatic N) is 1. The van der Waals surface area contributed by atoms with Crippen molar-refractivity contribution in [1.29, 1.82) is 0 Å². The minimum atomic E-state index is -0.308. The molecule has 6 heteroatoms. The Morgan fingerprint density at radius 1 is 0.967 bits per heavy atom. The topological polar surface area (TPSA) is 74.6 Å². The molecule has 3 rings (SSSR count). The predicted molar refractivity (Wildman–Crippen MR) is 117 cm³/mol. The van der Waals surface area contributed by atoms with Crippen molar-refractivity contribution < 1.29 is 14.0 Å². The third kappa shape index (κ3) is 6.24. The van der Waals surface area contributed by atoms with E-state index in [4.69, 9.17) is 4.42 Å². The number of rotatable bonds is 9. The van der Waals surface area contributed by atoms with Gasteiger partial charge in [0.15, 0.2) is 0 Å². The van der Waals surface area contributed by atoms with Crippen LogP contribution < -0.4 is 10.6 Å². The maximum absolute atomic E-state index is 13.1. The molecule has 1 heterocycles. The lowest BCUT2D eigenvalue weighted by Gasteiger charge is -2.26. The van der Waals surface area contributed by atoms with E-state index in [1.807, 2.05) is 60.7 Å². The van der Waals surface area contributed by atoms with Crippen molar-refractivity contribution in [2.45, 2.75) is 32.4 Å². The number of para-hydroxylation sites is 1. The van der Waals surface area contributed by atoms with Crippen LogP contribution in [0, 0.1) is 0 Å². The Hall–Kier alpha value is -3.54. The summed E-state index contributed by atoms with van der Waals surface area (Å²) in [6.07, 6.45) is 3.28. The molecule has 6 nitrogen and oxygen atoms in total. The van der Waals surface area contributed by atoms with Gasteiger partial charge >= 0.3 is 6.03 Å². The van der Waals surface area contributed by atoms with Gasteiger partial charge in [-0.05, 0) is 36.2 Å². The van der Waals surface area contributed by atoms with E-state index in [0.717, 1.165) is 18.4 Å². The Morgan fingerprint density at radius 2 is 1.67 bits per heavy atom. The van der Waals surface area contributed by atoms with Gasteiger partial charge in [-0.25, -0.2) is 4.79 Å². The molecule has 1 atom stereocenters. The molecule has 0 spiro atoms. The van der Waals surface area contributed by atoms with Crippen molar-refractivity contribution in [3.05, 3.63) is 90.4 Å². The molecule has 0 radical (unpaired) electrons. The lowest BCUT2D eigenvalue weighted by Crippen LogP contribution is -2.44.